The summed E-state index contributed by atoms with van der Waals surface area (Å²) >= 11 is 0. The van der Waals surface area contributed by atoms with E-state index in [9.17, 15) is 4.79 Å². The first kappa shape index (κ1) is 15.7. The molecule has 6 heteroatoms. The SMILES string of the molecule is Cc1noc([C@@H](C)NC(=O)[C@@H](C)N2CCc3ccccc3C2)n1. The van der Waals surface area contributed by atoms with Gasteiger partial charge in [-0.2, -0.15) is 4.98 Å². The number of hydrogen-bond acceptors (Lipinski definition) is 5. The molecule has 1 aromatic heterocycles. The first-order chi connectivity index (χ1) is 11.0. The Balaban J connectivity index is 1.62. The van der Waals surface area contributed by atoms with Gasteiger partial charge in [-0.3, -0.25) is 9.69 Å². The fraction of sp³-hybridized carbons (Fsp3) is 0.471. The van der Waals surface area contributed by atoms with Gasteiger partial charge in [-0.15, -0.1) is 0 Å². The Morgan fingerprint density at radius 3 is 2.74 bits per heavy atom. The van der Waals surface area contributed by atoms with Gasteiger partial charge in [0.1, 0.15) is 6.04 Å². The number of rotatable bonds is 4. The molecule has 0 aliphatic carbocycles. The number of amides is 1. The Labute approximate surface area is 135 Å². The minimum absolute atomic E-state index is 0.0206. The summed E-state index contributed by atoms with van der Waals surface area (Å²) < 4.78 is 5.11. The lowest BCUT2D eigenvalue weighted by molar-refractivity contribution is -0.127. The zero-order valence-corrected chi connectivity index (χ0v) is 13.7. The molecular formula is C17H22N4O2. The molecule has 0 unspecified atom stereocenters. The molecule has 1 aromatic carbocycles. The summed E-state index contributed by atoms with van der Waals surface area (Å²) in [5.41, 5.74) is 2.69. The van der Waals surface area contributed by atoms with E-state index in [0.29, 0.717) is 11.7 Å². The molecule has 1 aliphatic rings. The molecule has 3 rings (SSSR count). The maximum atomic E-state index is 12.5. The summed E-state index contributed by atoms with van der Waals surface area (Å²) in [7, 11) is 0. The summed E-state index contributed by atoms with van der Waals surface area (Å²) in [5, 5.41) is 6.71. The summed E-state index contributed by atoms with van der Waals surface area (Å²) in [6.45, 7) is 7.24. The number of aryl methyl sites for hydroxylation is 1. The van der Waals surface area contributed by atoms with Gasteiger partial charge in [0, 0.05) is 13.1 Å². The van der Waals surface area contributed by atoms with Crippen LogP contribution in [0.3, 0.4) is 0 Å². The Morgan fingerprint density at radius 1 is 1.30 bits per heavy atom. The lowest BCUT2D eigenvalue weighted by Crippen LogP contribution is -2.47. The minimum Gasteiger partial charge on any atom is -0.343 e. The van der Waals surface area contributed by atoms with Crippen molar-refractivity contribution in [2.75, 3.05) is 6.54 Å². The van der Waals surface area contributed by atoms with Crippen LogP contribution in [0.4, 0.5) is 0 Å². The Kier molecular flexibility index (Phi) is 4.43. The summed E-state index contributed by atoms with van der Waals surface area (Å²) in [6.07, 6.45) is 0.978. The smallest absolute Gasteiger partial charge is 0.248 e. The predicted molar refractivity (Wildman–Crippen MR) is 85.6 cm³/mol. The summed E-state index contributed by atoms with van der Waals surface area (Å²) in [6, 6.07) is 7.93. The van der Waals surface area contributed by atoms with E-state index < -0.39 is 0 Å². The van der Waals surface area contributed by atoms with Crippen LogP contribution >= 0.6 is 0 Å². The molecular weight excluding hydrogens is 292 g/mol. The fourth-order valence-electron chi connectivity index (χ4n) is 2.90. The number of carbonyl (C=O) groups excluding carboxylic acids is 1. The molecule has 1 aliphatic heterocycles. The summed E-state index contributed by atoms with van der Waals surface area (Å²) in [5.74, 6) is 0.988. The van der Waals surface area contributed by atoms with Crippen molar-refractivity contribution in [3.8, 4) is 0 Å². The third-order valence-corrected chi connectivity index (χ3v) is 4.36. The highest BCUT2D eigenvalue weighted by molar-refractivity contribution is 5.81. The van der Waals surface area contributed by atoms with E-state index in [4.69, 9.17) is 4.52 Å². The van der Waals surface area contributed by atoms with Crippen LogP contribution in [0.2, 0.25) is 0 Å². The number of nitrogens with one attached hydrogen (secondary N) is 1. The van der Waals surface area contributed by atoms with Gasteiger partial charge in [-0.05, 0) is 38.3 Å². The normalized spacial score (nSPS) is 17.3. The van der Waals surface area contributed by atoms with Crippen LogP contribution < -0.4 is 5.32 Å². The molecule has 0 radical (unpaired) electrons. The van der Waals surface area contributed by atoms with Crippen LogP contribution in [0.1, 0.15) is 42.7 Å². The van der Waals surface area contributed by atoms with E-state index in [1.807, 2.05) is 19.9 Å². The van der Waals surface area contributed by atoms with E-state index in [1.54, 1.807) is 6.92 Å². The van der Waals surface area contributed by atoms with Crippen LogP contribution in [-0.2, 0) is 17.8 Å². The van der Waals surface area contributed by atoms with Gasteiger partial charge >= 0.3 is 0 Å². The molecule has 0 fully saturated rings. The number of benzene rings is 1. The number of aromatic nitrogens is 2. The van der Waals surface area contributed by atoms with E-state index in [-0.39, 0.29) is 18.0 Å². The largest absolute Gasteiger partial charge is 0.343 e. The van der Waals surface area contributed by atoms with E-state index >= 15 is 0 Å². The molecule has 2 atom stereocenters. The average Bonchev–Trinajstić information content (AvgIpc) is 3.00. The van der Waals surface area contributed by atoms with Crippen molar-refractivity contribution in [1.82, 2.24) is 20.4 Å². The van der Waals surface area contributed by atoms with E-state index in [0.717, 1.165) is 19.5 Å². The minimum atomic E-state index is -0.289. The van der Waals surface area contributed by atoms with Gasteiger partial charge in [0.05, 0.1) is 6.04 Å². The van der Waals surface area contributed by atoms with Crippen molar-refractivity contribution in [2.24, 2.45) is 0 Å². The zero-order valence-electron chi connectivity index (χ0n) is 13.7. The fourth-order valence-corrected chi connectivity index (χ4v) is 2.90. The third kappa shape index (κ3) is 3.42. The highest BCUT2D eigenvalue weighted by Crippen LogP contribution is 2.20. The Bertz CT molecular complexity index is 697. The number of nitrogens with zero attached hydrogens (tertiary/aromatic N) is 3. The standard InChI is InChI=1S/C17H22N4O2/c1-11(17-19-13(3)20-23-17)18-16(22)12(2)21-9-8-14-6-4-5-7-15(14)10-21/h4-7,11-12H,8-10H2,1-3H3,(H,18,22)/t11-,12-/m1/s1. The summed E-state index contributed by atoms with van der Waals surface area (Å²) in [4.78, 5) is 18.9. The van der Waals surface area contributed by atoms with Crippen molar-refractivity contribution in [2.45, 2.75) is 45.8 Å². The molecule has 23 heavy (non-hydrogen) atoms. The van der Waals surface area contributed by atoms with Crippen LogP contribution in [0.25, 0.3) is 0 Å². The molecule has 6 nitrogen and oxygen atoms in total. The molecule has 0 saturated heterocycles. The maximum Gasteiger partial charge on any atom is 0.248 e. The van der Waals surface area contributed by atoms with Crippen molar-refractivity contribution < 1.29 is 9.32 Å². The quantitative estimate of drug-likeness (QED) is 0.934. The molecule has 2 heterocycles. The monoisotopic (exact) mass is 314 g/mol. The van der Waals surface area contributed by atoms with Gasteiger partial charge in [-0.1, -0.05) is 29.4 Å². The average molecular weight is 314 g/mol. The number of carbonyl (C=O) groups is 1. The molecule has 1 N–H and O–H groups in total. The van der Waals surface area contributed by atoms with Gasteiger partial charge in [0.15, 0.2) is 5.82 Å². The second kappa shape index (κ2) is 6.50. The number of hydrogen-bond donors (Lipinski definition) is 1. The highest BCUT2D eigenvalue weighted by atomic mass is 16.5. The first-order valence-corrected chi connectivity index (χ1v) is 7.96. The van der Waals surface area contributed by atoms with Gasteiger partial charge < -0.3 is 9.84 Å². The van der Waals surface area contributed by atoms with Gasteiger partial charge in [0.25, 0.3) is 0 Å². The van der Waals surface area contributed by atoms with Gasteiger partial charge in [0.2, 0.25) is 11.8 Å². The van der Waals surface area contributed by atoms with Crippen molar-refractivity contribution >= 4 is 5.91 Å². The van der Waals surface area contributed by atoms with Crippen molar-refractivity contribution in [1.29, 1.82) is 0 Å². The van der Waals surface area contributed by atoms with E-state index in [2.05, 4.69) is 38.6 Å². The zero-order chi connectivity index (χ0) is 16.4. The van der Waals surface area contributed by atoms with Crippen LogP contribution in [0.5, 0.6) is 0 Å². The first-order valence-electron chi connectivity index (χ1n) is 7.96. The van der Waals surface area contributed by atoms with Crippen LogP contribution in [0.15, 0.2) is 28.8 Å². The second-order valence-electron chi connectivity index (χ2n) is 6.08. The molecule has 0 saturated carbocycles. The highest BCUT2D eigenvalue weighted by Gasteiger charge is 2.27. The van der Waals surface area contributed by atoms with Crippen LogP contribution in [0, 0.1) is 6.92 Å². The maximum absolute atomic E-state index is 12.5. The second-order valence-corrected chi connectivity index (χ2v) is 6.08. The van der Waals surface area contributed by atoms with Crippen LogP contribution in [-0.4, -0.2) is 33.5 Å². The van der Waals surface area contributed by atoms with Crippen molar-refractivity contribution in [3.05, 3.63) is 47.1 Å². The number of fused-ring (bicyclic) bond motifs is 1. The third-order valence-electron chi connectivity index (χ3n) is 4.36. The lowest BCUT2D eigenvalue weighted by Gasteiger charge is -2.33. The van der Waals surface area contributed by atoms with E-state index in [1.165, 1.54) is 11.1 Å². The molecule has 0 bridgehead atoms. The Hall–Kier alpha value is -2.21. The molecule has 0 spiro atoms. The van der Waals surface area contributed by atoms with Crippen molar-refractivity contribution in [3.63, 3.8) is 0 Å². The topological polar surface area (TPSA) is 71.3 Å². The van der Waals surface area contributed by atoms with Gasteiger partial charge in [-0.25, -0.2) is 0 Å². The molecule has 1 amide bonds. The lowest BCUT2D eigenvalue weighted by atomic mass is 9.98. The predicted octanol–water partition coefficient (Wildman–Crippen LogP) is 2.00. The molecule has 2 aromatic rings. The molecule has 122 valence electrons. The Morgan fingerprint density at radius 2 is 2.04 bits per heavy atom.